The van der Waals surface area contributed by atoms with Crippen LogP contribution in [-0.2, 0) is 0 Å². The predicted octanol–water partition coefficient (Wildman–Crippen LogP) is 4.28. The van der Waals surface area contributed by atoms with Gasteiger partial charge in [0.1, 0.15) is 11.4 Å². The molecule has 1 aliphatic rings. The van der Waals surface area contributed by atoms with Crippen molar-refractivity contribution in [3.05, 3.63) is 24.6 Å². The summed E-state index contributed by atoms with van der Waals surface area (Å²) in [4.78, 5) is 4.41. The Hall–Kier alpha value is -1.22. The van der Waals surface area contributed by atoms with Crippen LogP contribution in [0.2, 0.25) is 0 Å². The summed E-state index contributed by atoms with van der Waals surface area (Å²) < 4.78 is 5.39. The van der Waals surface area contributed by atoms with Crippen molar-refractivity contribution in [2.45, 2.75) is 25.7 Å². The third kappa shape index (κ3) is 2.71. The molecule has 0 aliphatic heterocycles. The summed E-state index contributed by atoms with van der Waals surface area (Å²) in [6.45, 7) is 0.953. The van der Waals surface area contributed by atoms with Crippen LogP contribution in [0, 0.1) is 11.8 Å². The molecule has 2 aromatic rings. The maximum Gasteiger partial charge on any atom is 0.139 e. The van der Waals surface area contributed by atoms with Crippen molar-refractivity contribution in [2.24, 2.45) is 11.8 Å². The molecule has 0 aromatic carbocycles. The average Bonchev–Trinajstić information content (AvgIpc) is 2.94. The number of alkyl halides is 1. The zero-order chi connectivity index (χ0) is 13.1. The van der Waals surface area contributed by atoms with Crippen molar-refractivity contribution in [1.82, 2.24) is 4.98 Å². The van der Waals surface area contributed by atoms with Crippen LogP contribution in [0.4, 0.5) is 5.82 Å². The molecule has 2 aromatic heterocycles. The highest BCUT2D eigenvalue weighted by molar-refractivity contribution is 6.18. The number of nitrogens with one attached hydrogen (secondary N) is 1. The average molecular weight is 279 g/mol. The van der Waals surface area contributed by atoms with Crippen molar-refractivity contribution in [2.75, 3.05) is 17.7 Å². The highest BCUT2D eigenvalue weighted by Crippen LogP contribution is 2.31. The summed E-state index contributed by atoms with van der Waals surface area (Å²) in [6.07, 6.45) is 8.67. The maximum atomic E-state index is 6.08. The van der Waals surface area contributed by atoms with E-state index in [0.717, 1.165) is 29.2 Å². The van der Waals surface area contributed by atoms with Crippen molar-refractivity contribution in [3.8, 4) is 0 Å². The highest BCUT2D eigenvalue weighted by atomic mass is 35.5. The summed E-state index contributed by atoms with van der Waals surface area (Å²) in [5, 5.41) is 4.53. The van der Waals surface area contributed by atoms with E-state index >= 15 is 0 Å². The Morgan fingerprint density at radius 2 is 2.11 bits per heavy atom. The van der Waals surface area contributed by atoms with Crippen LogP contribution < -0.4 is 5.32 Å². The minimum Gasteiger partial charge on any atom is -0.464 e. The standard InChI is InChI=1S/C15H19ClN2O/c16-9-11-3-1-2-4-12(11)10-18-15-13-6-8-19-14(13)5-7-17-15/h5-8,11-12H,1-4,9-10H2,(H,17,18). The van der Waals surface area contributed by atoms with Crippen LogP contribution in [0.3, 0.4) is 0 Å². The molecule has 1 fully saturated rings. The molecule has 2 heterocycles. The Bertz CT molecular complexity index is 540. The first-order valence-corrected chi connectivity index (χ1v) is 7.54. The lowest BCUT2D eigenvalue weighted by molar-refractivity contribution is 0.272. The van der Waals surface area contributed by atoms with Crippen molar-refractivity contribution in [1.29, 1.82) is 0 Å². The number of hydrogen-bond acceptors (Lipinski definition) is 3. The molecule has 4 heteroatoms. The molecular formula is C15H19ClN2O. The number of anilines is 1. The molecule has 2 unspecified atom stereocenters. The smallest absolute Gasteiger partial charge is 0.139 e. The van der Waals surface area contributed by atoms with Gasteiger partial charge in [-0.05, 0) is 36.8 Å². The lowest BCUT2D eigenvalue weighted by atomic mass is 9.80. The van der Waals surface area contributed by atoms with Gasteiger partial charge >= 0.3 is 0 Å². The topological polar surface area (TPSA) is 38.1 Å². The van der Waals surface area contributed by atoms with Crippen LogP contribution in [0.15, 0.2) is 29.0 Å². The van der Waals surface area contributed by atoms with Gasteiger partial charge in [-0.1, -0.05) is 12.8 Å². The summed E-state index contributed by atoms with van der Waals surface area (Å²) in [7, 11) is 0. The number of rotatable bonds is 4. The quantitative estimate of drug-likeness (QED) is 0.848. The van der Waals surface area contributed by atoms with E-state index in [1.54, 1.807) is 12.5 Å². The molecule has 3 rings (SSSR count). The van der Waals surface area contributed by atoms with Crippen LogP contribution in [0.25, 0.3) is 11.0 Å². The molecule has 102 valence electrons. The minimum absolute atomic E-state index is 0.645. The number of hydrogen-bond donors (Lipinski definition) is 1. The first kappa shape index (κ1) is 12.8. The van der Waals surface area contributed by atoms with E-state index in [0.29, 0.717) is 11.8 Å². The van der Waals surface area contributed by atoms with Gasteiger partial charge in [0.2, 0.25) is 0 Å². The normalized spacial score (nSPS) is 23.6. The fraction of sp³-hybridized carbons (Fsp3) is 0.533. The van der Waals surface area contributed by atoms with Gasteiger partial charge in [-0.15, -0.1) is 11.6 Å². The largest absolute Gasteiger partial charge is 0.464 e. The molecule has 1 N–H and O–H groups in total. The summed E-state index contributed by atoms with van der Waals surface area (Å²) >= 11 is 6.08. The Labute approximate surface area is 118 Å². The summed E-state index contributed by atoms with van der Waals surface area (Å²) in [5.74, 6) is 3.00. The predicted molar refractivity (Wildman–Crippen MR) is 78.7 cm³/mol. The molecule has 0 spiro atoms. The Morgan fingerprint density at radius 3 is 2.95 bits per heavy atom. The second-order valence-electron chi connectivity index (χ2n) is 5.33. The number of pyridine rings is 1. The van der Waals surface area contributed by atoms with E-state index in [1.165, 1.54) is 25.7 Å². The van der Waals surface area contributed by atoms with E-state index in [-0.39, 0.29) is 0 Å². The molecule has 2 atom stereocenters. The Morgan fingerprint density at radius 1 is 1.26 bits per heavy atom. The third-order valence-corrected chi connectivity index (χ3v) is 4.57. The first-order chi connectivity index (χ1) is 9.38. The fourth-order valence-corrected chi connectivity index (χ4v) is 3.43. The van der Waals surface area contributed by atoms with E-state index in [4.69, 9.17) is 16.0 Å². The van der Waals surface area contributed by atoms with Crippen LogP contribution >= 0.6 is 11.6 Å². The number of halogens is 1. The van der Waals surface area contributed by atoms with Gasteiger partial charge in [-0.25, -0.2) is 4.98 Å². The highest BCUT2D eigenvalue weighted by Gasteiger charge is 2.24. The summed E-state index contributed by atoms with van der Waals surface area (Å²) in [6, 6.07) is 3.85. The van der Waals surface area contributed by atoms with E-state index in [2.05, 4.69) is 10.3 Å². The Kier molecular flexibility index (Phi) is 3.92. The lowest BCUT2D eigenvalue weighted by Gasteiger charge is -2.30. The summed E-state index contributed by atoms with van der Waals surface area (Å²) in [5.41, 5.74) is 0.884. The number of furan rings is 1. The van der Waals surface area contributed by atoms with Gasteiger partial charge in [-0.2, -0.15) is 0 Å². The van der Waals surface area contributed by atoms with E-state index < -0.39 is 0 Å². The lowest BCUT2D eigenvalue weighted by Crippen LogP contribution is -2.27. The van der Waals surface area contributed by atoms with Gasteiger partial charge in [-0.3, -0.25) is 0 Å². The fourth-order valence-electron chi connectivity index (χ4n) is 3.02. The monoisotopic (exact) mass is 278 g/mol. The molecule has 0 radical (unpaired) electrons. The van der Waals surface area contributed by atoms with Crippen molar-refractivity contribution < 1.29 is 4.42 Å². The zero-order valence-corrected chi connectivity index (χ0v) is 11.7. The molecule has 1 aliphatic carbocycles. The molecule has 19 heavy (non-hydrogen) atoms. The van der Waals surface area contributed by atoms with E-state index in [9.17, 15) is 0 Å². The van der Waals surface area contributed by atoms with Crippen LogP contribution in [0.1, 0.15) is 25.7 Å². The molecule has 0 saturated heterocycles. The molecular weight excluding hydrogens is 260 g/mol. The zero-order valence-electron chi connectivity index (χ0n) is 10.9. The van der Waals surface area contributed by atoms with Crippen molar-refractivity contribution in [3.63, 3.8) is 0 Å². The second kappa shape index (κ2) is 5.83. The number of fused-ring (bicyclic) bond motifs is 1. The van der Waals surface area contributed by atoms with Gasteiger partial charge in [0.05, 0.1) is 11.6 Å². The number of nitrogens with zero attached hydrogens (tertiary/aromatic N) is 1. The van der Waals surface area contributed by atoms with E-state index in [1.807, 2.05) is 12.1 Å². The first-order valence-electron chi connectivity index (χ1n) is 7.00. The van der Waals surface area contributed by atoms with Crippen LogP contribution in [-0.4, -0.2) is 17.4 Å². The third-order valence-electron chi connectivity index (χ3n) is 4.18. The van der Waals surface area contributed by atoms with Gasteiger partial charge in [0.25, 0.3) is 0 Å². The SMILES string of the molecule is ClCC1CCCCC1CNc1nccc2occc12. The van der Waals surface area contributed by atoms with Crippen molar-refractivity contribution >= 4 is 28.4 Å². The van der Waals surface area contributed by atoms with Crippen LogP contribution in [0.5, 0.6) is 0 Å². The minimum atomic E-state index is 0.645. The molecule has 1 saturated carbocycles. The molecule has 0 bridgehead atoms. The Balaban J connectivity index is 1.69. The van der Waals surface area contributed by atoms with Gasteiger partial charge in [0, 0.05) is 18.6 Å². The maximum absolute atomic E-state index is 6.08. The molecule has 0 amide bonds. The van der Waals surface area contributed by atoms with Gasteiger partial charge < -0.3 is 9.73 Å². The second-order valence-corrected chi connectivity index (χ2v) is 5.64. The number of aromatic nitrogens is 1. The van der Waals surface area contributed by atoms with Gasteiger partial charge in [0.15, 0.2) is 0 Å². The molecule has 3 nitrogen and oxygen atoms in total.